The van der Waals surface area contributed by atoms with E-state index in [-0.39, 0.29) is 11.7 Å². The minimum absolute atomic E-state index is 0.154. The van der Waals surface area contributed by atoms with Crippen molar-refractivity contribution in [3.05, 3.63) is 5.69 Å². The summed E-state index contributed by atoms with van der Waals surface area (Å²) in [4.78, 5) is 1.83. The molecule has 1 fully saturated rings. The summed E-state index contributed by atoms with van der Waals surface area (Å²) in [5.74, 6) is 0.397. The molecule has 1 aliphatic rings. The zero-order chi connectivity index (χ0) is 9.97. The van der Waals surface area contributed by atoms with Crippen LogP contribution in [0, 0.1) is 5.41 Å². The highest BCUT2D eigenvalue weighted by molar-refractivity contribution is 5.98. The maximum absolute atomic E-state index is 7.81. The third-order valence-corrected chi connectivity index (χ3v) is 2.07. The summed E-state index contributed by atoms with van der Waals surface area (Å²) in [5, 5.41) is 14.8. The molecular weight excluding hydrogens is 186 g/mol. The van der Waals surface area contributed by atoms with Gasteiger partial charge >= 0.3 is 0 Å². The number of nitrogens with one attached hydrogen (secondary N) is 1. The van der Waals surface area contributed by atoms with Crippen molar-refractivity contribution in [1.82, 2.24) is 15.2 Å². The van der Waals surface area contributed by atoms with Gasteiger partial charge in [0, 0.05) is 13.1 Å². The maximum atomic E-state index is 7.81. The third kappa shape index (κ3) is 1.53. The second-order valence-electron chi connectivity index (χ2n) is 2.95. The van der Waals surface area contributed by atoms with E-state index in [1.165, 1.54) is 0 Å². The van der Waals surface area contributed by atoms with Crippen LogP contribution >= 0.6 is 0 Å². The average Bonchev–Trinajstić information content (AvgIpc) is 2.65. The predicted octanol–water partition coefficient (Wildman–Crippen LogP) is -0.691. The first kappa shape index (κ1) is 8.95. The lowest BCUT2D eigenvalue weighted by atomic mass is 10.3. The molecule has 0 aromatic carbocycles. The first-order valence-corrected chi connectivity index (χ1v) is 4.28. The molecule has 0 amide bonds. The number of hydrogen-bond acceptors (Lipinski definition) is 6. The molecule has 1 aromatic heterocycles. The minimum Gasteiger partial charge on any atom is -0.379 e. The molecule has 7 heteroatoms. The fraction of sp³-hybridized carbons (Fsp3) is 0.571. The Hall–Kier alpha value is -1.63. The molecule has 0 atom stereocenters. The predicted molar refractivity (Wildman–Crippen MR) is 47.9 cm³/mol. The summed E-state index contributed by atoms with van der Waals surface area (Å²) < 4.78 is 9.60. The number of ether oxygens (including phenoxy) is 1. The normalized spacial score (nSPS) is 17.0. The van der Waals surface area contributed by atoms with E-state index in [2.05, 4.69) is 14.9 Å². The van der Waals surface area contributed by atoms with Crippen molar-refractivity contribution in [1.29, 1.82) is 5.41 Å². The molecule has 0 radical (unpaired) electrons. The van der Waals surface area contributed by atoms with Crippen LogP contribution < -0.4 is 5.73 Å². The molecule has 0 unspecified atom stereocenters. The van der Waals surface area contributed by atoms with E-state index in [1.807, 2.05) is 4.90 Å². The second kappa shape index (κ2) is 3.62. The lowest BCUT2D eigenvalue weighted by Gasteiger charge is -2.27. The minimum atomic E-state index is 0.154. The fourth-order valence-electron chi connectivity index (χ4n) is 1.30. The van der Waals surface area contributed by atoms with Crippen LogP contribution in [0.5, 0.6) is 0 Å². The van der Waals surface area contributed by atoms with E-state index in [9.17, 15) is 0 Å². The summed E-state index contributed by atoms with van der Waals surface area (Å²) in [6.45, 7) is 2.58. The number of nitrogens with two attached hydrogens (primary N) is 1. The van der Waals surface area contributed by atoms with E-state index >= 15 is 0 Å². The number of hydrogen-bond donors (Lipinski definition) is 2. The molecule has 0 bridgehead atoms. The van der Waals surface area contributed by atoms with E-state index in [0.29, 0.717) is 32.0 Å². The lowest BCUT2D eigenvalue weighted by Crippen LogP contribution is -2.41. The van der Waals surface area contributed by atoms with Gasteiger partial charge < -0.3 is 15.4 Å². The number of rotatable bonds is 1. The Bertz CT molecular complexity index is 331. The van der Waals surface area contributed by atoms with Gasteiger partial charge in [0.2, 0.25) is 0 Å². The van der Waals surface area contributed by atoms with Gasteiger partial charge in [-0.2, -0.15) is 0 Å². The van der Waals surface area contributed by atoms with Gasteiger partial charge in [-0.3, -0.25) is 5.41 Å². The highest BCUT2D eigenvalue weighted by Gasteiger charge is 2.20. The highest BCUT2D eigenvalue weighted by Crippen LogP contribution is 2.09. The van der Waals surface area contributed by atoms with Crippen molar-refractivity contribution >= 4 is 11.7 Å². The van der Waals surface area contributed by atoms with E-state index < -0.39 is 0 Å². The Labute approximate surface area is 80.3 Å². The third-order valence-electron chi connectivity index (χ3n) is 2.07. The van der Waals surface area contributed by atoms with Crippen LogP contribution in [0.25, 0.3) is 0 Å². The molecule has 0 aliphatic carbocycles. The van der Waals surface area contributed by atoms with Crippen molar-refractivity contribution in [2.45, 2.75) is 0 Å². The van der Waals surface area contributed by atoms with Gasteiger partial charge in [-0.15, -0.1) is 0 Å². The van der Waals surface area contributed by atoms with Crippen LogP contribution in [0.1, 0.15) is 5.69 Å². The van der Waals surface area contributed by atoms with Crippen LogP contribution in [0.15, 0.2) is 4.63 Å². The summed E-state index contributed by atoms with van der Waals surface area (Å²) >= 11 is 0. The van der Waals surface area contributed by atoms with Gasteiger partial charge in [-0.25, -0.2) is 4.63 Å². The summed E-state index contributed by atoms with van der Waals surface area (Å²) in [7, 11) is 0. The molecular formula is C7H11N5O2. The first-order valence-electron chi connectivity index (χ1n) is 4.28. The number of nitrogen functional groups attached to an aromatic ring is 1. The quantitative estimate of drug-likeness (QED) is 0.456. The average molecular weight is 197 g/mol. The van der Waals surface area contributed by atoms with Crippen LogP contribution in [0.2, 0.25) is 0 Å². The van der Waals surface area contributed by atoms with Gasteiger partial charge in [0.05, 0.1) is 13.2 Å². The first-order chi connectivity index (χ1) is 6.79. The monoisotopic (exact) mass is 197 g/mol. The zero-order valence-corrected chi connectivity index (χ0v) is 7.56. The number of aromatic nitrogens is 2. The van der Waals surface area contributed by atoms with Crippen LogP contribution in [-0.4, -0.2) is 47.4 Å². The molecule has 0 saturated carbocycles. The molecule has 0 spiro atoms. The molecule has 2 rings (SSSR count). The number of amidine groups is 1. The van der Waals surface area contributed by atoms with E-state index in [0.717, 1.165) is 0 Å². The Morgan fingerprint density at radius 2 is 2.07 bits per heavy atom. The largest absolute Gasteiger partial charge is 0.379 e. The molecule has 76 valence electrons. The topological polar surface area (TPSA) is 101 Å². The van der Waals surface area contributed by atoms with Crippen LogP contribution in [0.4, 0.5) is 5.82 Å². The SMILES string of the molecule is N=C(c1nonc1N)N1CCOCC1. The van der Waals surface area contributed by atoms with E-state index in [4.69, 9.17) is 15.9 Å². The van der Waals surface area contributed by atoms with Crippen molar-refractivity contribution < 1.29 is 9.37 Å². The standard InChI is InChI=1S/C7H11N5O2/c8-6-5(10-14-11-6)7(9)12-1-3-13-4-2-12/h9H,1-4H2,(H2,8,11). The Morgan fingerprint density at radius 3 is 2.64 bits per heavy atom. The van der Waals surface area contributed by atoms with Crippen LogP contribution in [0.3, 0.4) is 0 Å². The summed E-state index contributed by atoms with van der Waals surface area (Å²) in [6, 6.07) is 0. The Kier molecular flexibility index (Phi) is 2.32. The fourth-order valence-corrected chi connectivity index (χ4v) is 1.30. The number of anilines is 1. The molecule has 7 nitrogen and oxygen atoms in total. The zero-order valence-electron chi connectivity index (χ0n) is 7.56. The maximum Gasteiger partial charge on any atom is 0.199 e. The molecule has 1 aromatic rings. The molecule has 3 N–H and O–H groups in total. The number of nitrogens with zero attached hydrogens (tertiary/aromatic N) is 3. The number of morpholine rings is 1. The van der Waals surface area contributed by atoms with Crippen molar-refractivity contribution in [2.24, 2.45) is 0 Å². The van der Waals surface area contributed by atoms with Gasteiger partial charge in [-0.1, -0.05) is 0 Å². The van der Waals surface area contributed by atoms with Gasteiger partial charge in [0.25, 0.3) is 0 Å². The van der Waals surface area contributed by atoms with Gasteiger partial charge in [0.15, 0.2) is 17.3 Å². The molecule has 2 heterocycles. The lowest BCUT2D eigenvalue weighted by molar-refractivity contribution is 0.0678. The van der Waals surface area contributed by atoms with Crippen molar-refractivity contribution in [2.75, 3.05) is 32.0 Å². The molecule has 14 heavy (non-hydrogen) atoms. The Balaban J connectivity index is 2.11. The second-order valence-corrected chi connectivity index (χ2v) is 2.95. The van der Waals surface area contributed by atoms with Crippen LogP contribution in [-0.2, 0) is 4.74 Å². The van der Waals surface area contributed by atoms with E-state index in [1.54, 1.807) is 0 Å². The van der Waals surface area contributed by atoms with Crippen molar-refractivity contribution in [3.8, 4) is 0 Å². The molecule has 1 saturated heterocycles. The highest BCUT2D eigenvalue weighted by atomic mass is 16.6. The van der Waals surface area contributed by atoms with Gasteiger partial charge in [-0.05, 0) is 10.3 Å². The summed E-state index contributed by atoms with van der Waals surface area (Å²) in [5.41, 5.74) is 5.78. The summed E-state index contributed by atoms with van der Waals surface area (Å²) in [6.07, 6.45) is 0. The smallest absolute Gasteiger partial charge is 0.199 e. The van der Waals surface area contributed by atoms with Gasteiger partial charge in [0.1, 0.15) is 0 Å². The van der Waals surface area contributed by atoms with Crippen molar-refractivity contribution in [3.63, 3.8) is 0 Å². The molecule has 1 aliphatic heterocycles. The Morgan fingerprint density at radius 1 is 1.36 bits per heavy atom.